The van der Waals surface area contributed by atoms with Crippen molar-refractivity contribution in [2.24, 2.45) is 29.4 Å². The Kier molecular flexibility index (Phi) is 9.33. The molecule has 0 radical (unpaired) electrons. The molecule has 5 saturated heterocycles. The number of rotatable bonds is 7. The topological polar surface area (TPSA) is 197 Å². The van der Waals surface area contributed by atoms with E-state index in [1.807, 2.05) is 11.8 Å². The van der Waals surface area contributed by atoms with Gasteiger partial charge >= 0.3 is 0 Å². The number of nitrogens with one attached hydrogen (secondary N) is 7. The molecule has 8 rings (SSSR count). The Balaban J connectivity index is 1.01. The predicted molar refractivity (Wildman–Crippen MR) is 170 cm³/mol. The number of hydrogen-bond acceptors (Lipinski definition) is 14. The molecule has 15 nitrogen and oxygen atoms in total. The number of nitrogens with zero attached hydrogens (tertiary/aromatic N) is 2. The molecule has 8 aliphatic rings. The molecule has 16 heteroatoms. The van der Waals surface area contributed by atoms with Gasteiger partial charge < -0.3 is 25.8 Å². The lowest BCUT2D eigenvalue weighted by Crippen LogP contribution is -2.79. The van der Waals surface area contributed by atoms with Crippen LogP contribution in [0.25, 0.3) is 0 Å². The molecule has 0 bridgehead atoms. The summed E-state index contributed by atoms with van der Waals surface area (Å²) < 4.78 is 11.8. The van der Waals surface area contributed by atoms with Crippen LogP contribution >= 0.6 is 11.8 Å². The largest absolute Gasteiger partial charge is 0.378 e. The third-order valence-electron chi connectivity index (χ3n) is 11.9. The van der Waals surface area contributed by atoms with Crippen molar-refractivity contribution >= 4 is 23.5 Å². The zero-order valence-electron chi connectivity index (χ0n) is 26.5. The number of quaternary nitrogens is 1. The number of primary amides is 1. The van der Waals surface area contributed by atoms with Gasteiger partial charge in [0.05, 0.1) is 61.9 Å². The normalized spacial score (nSPS) is 46.5. The fourth-order valence-corrected chi connectivity index (χ4v) is 11.0. The maximum Gasteiger partial charge on any atom is 0.226 e. The minimum Gasteiger partial charge on any atom is -0.378 e. The number of thioether (sulfide) groups is 1. The van der Waals surface area contributed by atoms with Crippen molar-refractivity contribution in [2.75, 3.05) is 46.1 Å². The molecule has 0 spiro atoms. The Hall–Kier alpha value is -1.41. The van der Waals surface area contributed by atoms with E-state index in [1.54, 1.807) is 6.08 Å². The Bertz CT molecular complexity index is 1180. The Morgan fingerprint density at radius 3 is 2.74 bits per heavy atom. The average Bonchev–Trinajstić information content (AvgIpc) is 3.83. The SMILES string of the molecule is NC(=O)C1C(NC2CC(C3COC4C(=O)C=C(N5CCOCC5)SC43)CC3CNNC32)NC(N[C@H]2CCCC[C@H]2[NH3+])N2CNNC12. The number of amides is 1. The van der Waals surface area contributed by atoms with Crippen LogP contribution < -0.4 is 49.1 Å². The van der Waals surface area contributed by atoms with E-state index in [1.165, 1.54) is 12.8 Å². The van der Waals surface area contributed by atoms with E-state index in [4.69, 9.17) is 15.2 Å². The van der Waals surface area contributed by atoms with Gasteiger partial charge in [0.15, 0.2) is 5.78 Å². The van der Waals surface area contributed by atoms with Crippen molar-refractivity contribution < 1.29 is 24.8 Å². The monoisotopic (exact) mass is 662 g/mol. The first-order chi connectivity index (χ1) is 22.4. The van der Waals surface area contributed by atoms with E-state index in [0.29, 0.717) is 50.4 Å². The minimum atomic E-state index is -0.491. The van der Waals surface area contributed by atoms with Crippen molar-refractivity contribution in [1.29, 1.82) is 0 Å². The smallest absolute Gasteiger partial charge is 0.226 e. The molecule has 7 fully saturated rings. The van der Waals surface area contributed by atoms with E-state index < -0.39 is 5.92 Å². The van der Waals surface area contributed by atoms with Crippen molar-refractivity contribution in [3.63, 3.8) is 0 Å². The second kappa shape index (κ2) is 13.5. The highest BCUT2D eigenvalue weighted by molar-refractivity contribution is 8.03. The molecule has 0 aromatic rings. The molecular weight excluding hydrogens is 610 g/mol. The highest BCUT2D eigenvalue weighted by Gasteiger charge is 2.54. The summed E-state index contributed by atoms with van der Waals surface area (Å²) in [5.74, 6) is 0.341. The summed E-state index contributed by atoms with van der Waals surface area (Å²) in [7, 11) is 0. The first-order valence-electron chi connectivity index (χ1n) is 17.4. The van der Waals surface area contributed by atoms with Crippen LogP contribution in [0.3, 0.4) is 0 Å². The fraction of sp³-hybridized carbons (Fsp3) is 0.867. The number of ketones is 1. The summed E-state index contributed by atoms with van der Waals surface area (Å²) in [6.45, 7) is 5.11. The standard InChI is InChI=1S/C30H51N11O4S/c31-18-3-1-2-4-19(18)36-30-37-28(23(27(32)43)29-39-34-14-41(29)30)35-20-10-15(9-16-12-33-38-24(16)20)17-13-45-25-21(42)11-22(46-26(17)25)40-5-7-44-8-6-40/h11,15-20,23-26,28-30,33-39H,1-10,12-14,31H2,(H2,32,43)/p+1/t15?,16?,17?,18-,19+,20?,23?,24?,25?,26?,28?,29?,30?/m1/s1. The van der Waals surface area contributed by atoms with E-state index in [9.17, 15) is 9.59 Å². The van der Waals surface area contributed by atoms with Crippen LogP contribution in [0.15, 0.2) is 11.1 Å². The molecule has 12 N–H and O–H groups in total. The van der Waals surface area contributed by atoms with E-state index >= 15 is 0 Å². The van der Waals surface area contributed by atoms with E-state index in [2.05, 4.69) is 53.2 Å². The van der Waals surface area contributed by atoms with Gasteiger partial charge in [-0.3, -0.25) is 36.4 Å². The molecule has 256 valence electrons. The van der Waals surface area contributed by atoms with Gasteiger partial charge in [0.2, 0.25) is 5.91 Å². The number of hydrazine groups is 2. The number of hydrogen-bond donors (Lipinski definition) is 9. The summed E-state index contributed by atoms with van der Waals surface area (Å²) in [5, 5.41) is 12.7. The molecule has 0 aromatic carbocycles. The summed E-state index contributed by atoms with van der Waals surface area (Å²) in [4.78, 5) is 30.9. The van der Waals surface area contributed by atoms with Gasteiger partial charge in [0.1, 0.15) is 12.4 Å². The van der Waals surface area contributed by atoms with Crippen LogP contribution in [0.1, 0.15) is 38.5 Å². The number of fused-ring (bicyclic) bond motifs is 3. The third kappa shape index (κ3) is 6.02. The van der Waals surface area contributed by atoms with Crippen LogP contribution in [0, 0.1) is 23.7 Å². The number of ether oxygens (including phenoxy) is 2. The second-order valence-corrected chi connectivity index (χ2v) is 15.7. The van der Waals surface area contributed by atoms with E-state index in [-0.39, 0.29) is 59.7 Å². The Morgan fingerprint density at radius 2 is 1.91 bits per heavy atom. The van der Waals surface area contributed by atoms with Crippen LogP contribution in [-0.2, 0) is 19.1 Å². The molecule has 2 saturated carbocycles. The lowest BCUT2D eigenvalue weighted by atomic mass is 9.70. The number of carbonyl (C=O) groups is 2. The summed E-state index contributed by atoms with van der Waals surface area (Å²) in [5.41, 5.74) is 24.2. The third-order valence-corrected chi connectivity index (χ3v) is 13.4. The molecular formula is C30H52N11O4S+. The predicted octanol–water partition coefficient (Wildman–Crippen LogP) is -3.53. The maximum absolute atomic E-state index is 13.3. The number of carbonyl (C=O) groups excluding carboxylic acids is 2. The van der Waals surface area contributed by atoms with Gasteiger partial charge in [0.25, 0.3) is 0 Å². The molecule has 11 unspecified atom stereocenters. The molecule has 0 aromatic heterocycles. The average molecular weight is 663 g/mol. The van der Waals surface area contributed by atoms with Gasteiger partial charge in [-0.2, -0.15) is 0 Å². The van der Waals surface area contributed by atoms with Crippen molar-refractivity contribution in [3.8, 4) is 0 Å². The first kappa shape index (κ1) is 31.8. The minimum absolute atomic E-state index is 0.0903. The van der Waals surface area contributed by atoms with Gasteiger partial charge in [-0.05, 0) is 37.5 Å². The Labute approximate surface area is 274 Å². The fourth-order valence-electron chi connectivity index (χ4n) is 9.44. The highest BCUT2D eigenvalue weighted by Crippen LogP contribution is 2.48. The first-order valence-corrected chi connectivity index (χ1v) is 18.3. The highest BCUT2D eigenvalue weighted by atomic mass is 32.2. The molecule has 6 heterocycles. The van der Waals surface area contributed by atoms with Crippen LogP contribution in [-0.4, -0.2) is 122 Å². The lowest BCUT2D eigenvalue weighted by molar-refractivity contribution is -0.431. The molecule has 6 aliphatic heterocycles. The summed E-state index contributed by atoms with van der Waals surface area (Å²) >= 11 is 1.83. The van der Waals surface area contributed by atoms with E-state index in [0.717, 1.165) is 50.3 Å². The molecule has 46 heavy (non-hydrogen) atoms. The van der Waals surface area contributed by atoms with Gasteiger partial charge in [-0.1, -0.05) is 6.42 Å². The maximum atomic E-state index is 13.3. The van der Waals surface area contributed by atoms with Crippen LogP contribution in [0.4, 0.5) is 0 Å². The van der Waals surface area contributed by atoms with Gasteiger partial charge in [-0.25, -0.2) is 15.8 Å². The van der Waals surface area contributed by atoms with Crippen molar-refractivity contribution in [2.45, 2.75) is 92.7 Å². The molecule has 13 atom stereocenters. The summed E-state index contributed by atoms with van der Waals surface area (Å²) in [6.07, 6.45) is 7.34. The number of nitrogens with two attached hydrogens (primary N) is 1. The second-order valence-electron chi connectivity index (χ2n) is 14.5. The van der Waals surface area contributed by atoms with Crippen LogP contribution in [0.5, 0.6) is 0 Å². The lowest BCUT2D eigenvalue weighted by Gasteiger charge is -2.50. The summed E-state index contributed by atoms with van der Waals surface area (Å²) in [6, 6.07) is 0.972. The van der Waals surface area contributed by atoms with Gasteiger partial charge in [-0.15, -0.1) is 11.8 Å². The zero-order valence-corrected chi connectivity index (χ0v) is 27.3. The molecule has 1 amide bonds. The van der Waals surface area contributed by atoms with Crippen molar-refractivity contribution in [1.82, 2.24) is 47.5 Å². The quantitative estimate of drug-likeness (QED) is 0.130. The molecule has 2 aliphatic carbocycles. The Morgan fingerprint density at radius 1 is 1.07 bits per heavy atom. The zero-order chi connectivity index (χ0) is 31.4. The van der Waals surface area contributed by atoms with Gasteiger partial charge in [0, 0.05) is 55.4 Å². The van der Waals surface area contributed by atoms with Crippen LogP contribution in [0.2, 0.25) is 0 Å². The number of morpholine rings is 1. The van der Waals surface area contributed by atoms with Crippen molar-refractivity contribution in [3.05, 3.63) is 11.1 Å².